The van der Waals surface area contributed by atoms with Crippen LogP contribution in [-0.4, -0.2) is 69.9 Å². The number of amides is 1. The van der Waals surface area contributed by atoms with E-state index in [9.17, 15) is 14.1 Å². The average Bonchev–Trinajstić information content (AvgIpc) is 3.17. The fraction of sp³-hybridized carbons (Fsp3) is 0.292. The zero-order valence-corrected chi connectivity index (χ0v) is 20.0. The summed E-state index contributed by atoms with van der Waals surface area (Å²) >= 11 is -1.81. The van der Waals surface area contributed by atoms with E-state index in [-0.39, 0.29) is 40.6 Å². The van der Waals surface area contributed by atoms with Crippen molar-refractivity contribution in [3.63, 3.8) is 0 Å². The second kappa shape index (κ2) is 10.2. The van der Waals surface area contributed by atoms with Gasteiger partial charge in [-0.15, -0.1) is 8.80 Å². The zero-order chi connectivity index (χ0) is 24.2. The van der Waals surface area contributed by atoms with Crippen LogP contribution >= 0.6 is 0 Å². The summed E-state index contributed by atoms with van der Waals surface area (Å²) in [6.45, 7) is 8.71. The number of phenols is 1. The van der Waals surface area contributed by atoms with Crippen molar-refractivity contribution in [1.29, 1.82) is 0 Å². The molecule has 0 spiro atoms. The number of hydrogen-bond donors (Lipinski definition) is 3. The summed E-state index contributed by atoms with van der Waals surface area (Å²) in [6, 6.07) is 14.3. The Kier molecular flexibility index (Phi) is 7.09. The molecule has 1 fully saturated rings. The molecule has 2 heterocycles. The molecule has 10 heteroatoms. The van der Waals surface area contributed by atoms with E-state index in [1.807, 2.05) is 44.3 Å². The predicted octanol–water partition coefficient (Wildman–Crippen LogP) is 2.49. The molecule has 0 radical (unpaired) electrons. The maximum Gasteiger partial charge on any atom is 0.269 e. The second-order valence-corrected chi connectivity index (χ2v) is 9.19. The Morgan fingerprint density at radius 3 is 2.41 bits per heavy atom. The Bertz CT molecular complexity index is 1170. The van der Waals surface area contributed by atoms with Crippen LogP contribution in [0.15, 0.2) is 69.5 Å². The van der Waals surface area contributed by atoms with Gasteiger partial charge in [0.1, 0.15) is 0 Å². The number of para-hydroxylation sites is 1. The molecule has 34 heavy (non-hydrogen) atoms. The summed E-state index contributed by atoms with van der Waals surface area (Å²) in [7, 11) is 2.01. The quantitative estimate of drug-likeness (QED) is 0.448. The van der Waals surface area contributed by atoms with Crippen molar-refractivity contribution in [2.24, 2.45) is 8.80 Å². The van der Waals surface area contributed by atoms with Gasteiger partial charge in [-0.05, 0) is 31.7 Å². The Morgan fingerprint density at radius 1 is 1.06 bits per heavy atom. The van der Waals surface area contributed by atoms with Crippen molar-refractivity contribution in [3.05, 3.63) is 71.8 Å². The minimum atomic E-state index is -1.81. The Labute approximate surface area is 201 Å². The van der Waals surface area contributed by atoms with Gasteiger partial charge in [0.2, 0.25) is 0 Å². The maximum absolute atomic E-state index is 13.0. The van der Waals surface area contributed by atoms with Crippen LogP contribution < -0.4 is 10.6 Å². The smallest absolute Gasteiger partial charge is 0.269 e. The lowest BCUT2D eigenvalue weighted by molar-refractivity contribution is 0.0661. The topological polar surface area (TPSA) is 110 Å². The Morgan fingerprint density at radius 2 is 1.74 bits per heavy atom. The van der Waals surface area contributed by atoms with Crippen molar-refractivity contribution >= 4 is 34.4 Å². The Hall–Kier alpha value is -3.50. The third-order valence-electron chi connectivity index (χ3n) is 5.78. The number of likely N-dealkylation sites (N-methyl/N-ethyl adjacent to an activating group) is 1. The standard InChI is InChI=1S/C24H28N6O3S/c1-16(2)20(17-8-5-4-6-9-17)26-23-22(27-34(33)28-23)25-19-11-7-10-18(21(19)31)24(32)30-14-12-29(3)13-15-30/h4-11,20,31H,1,12-15H2,2-3H3,(H,25,27)(H,26,28)/t20-,34?/m1/s1. The number of nitrogens with one attached hydrogen (secondary N) is 2. The number of carbonyl (C=O) groups is 1. The molecule has 4 rings (SSSR count). The zero-order valence-electron chi connectivity index (χ0n) is 19.2. The third kappa shape index (κ3) is 5.18. The molecule has 1 amide bonds. The van der Waals surface area contributed by atoms with E-state index in [1.165, 1.54) is 0 Å². The van der Waals surface area contributed by atoms with Crippen LogP contribution in [0.5, 0.6) is 5.75 Å². The molecular formula is C24H28N6O3S. The van der Waals surface area contributed by atoms with Gasteiger partial charge in [0.25, 0.3) is 17.1 Å². The molecule has 2 aliphatic heterocycles. The number of benzene rings is 2. The van der Waals surface area contributed by atoms with E-state index in [2.05, 4.69) is 30.9 Å². The van der Waals surface area contributed by atoms with Crippen molar-refractivity contribution in [3.8, 4) is 5.75 Å². The highest BCUT2D eigenvalue weighted by molar-refractivity contribution is 7.83. The van der Waals surface area contributed by atoms with Crippen LogP contribution in [0.25, 0.3) is 0 Å². The average molecular weight is 481 g/mol. The fourth-order valence-electron chi connectivity index (χ4n) is 3.84. The molecular weight excluding hydrogens is 452 g/mol. The van der Waals surface area contributed by atoms with E-state index >= 15 is 0 Å². The molecule has 0 saturated carbocycles. The maximum atomic E-state index is 13.0. The first kappa shape index (κ1) is 23.7. The van der Waals surface area contributed by atoms with Crippen molar-refractivity contribution in [2.75, 3.05) is 38.5 Å². The number of nitrogens with zero attached hydrogens (tertiary/aromatic N) is 4. The molecule has 2 atom stereocenters. The van der Waals surface area contributed by atoms with Gasteiger partial charge in [0, 0.05) is 26.2 Å². The largest absolute Gasteiger partial charge is 0.505 e. The van der Waals surface area contributed by atoms with Gasteiger partial charge in [-0.3, -0.25) is 4.79 Å². The lowest BCUT2D eigenvalue weighted by Gasteiger charge is -2.32. The summed E-state index contributed by atoms with van der Waals surface area (Å²) in [4.78, 5) is 16.9. The number of anilines is 1. The van der Waals surface area contributed by atoms with Gasteiger partial charge in [0.05, 0.1) is 17.3 Å². The van der Waals surface area contributed by atoms with Crippen molar-refractivity contribution < 1.29 is 14.1 Å². The minimum absolute atomic E-state index is 0.189. The van der Waals surface area contributed by atoms with Gasteiger partial charge in [-0.1, -0.05) is 48.6 Å². The molecule has 2 aromatic carbocycles. The van der Waals surface area contributed by atoms with Gasteiger partial charge in [-0.25, -0.2) is 4.21 Å². The number of aromatic hydroxyl groups is 1. The number of amidine groups is 2. The highest BCUT2D eigenvalue weighted by Gasteiger charge is 2.27. The van der Waals surface area contributed by atoms with Crippen LogP contribution in [0.4, 0.5) is 5.69 Å². The van der Waals surface area contributed by atoms with E-state index in [0.29, 0.717) is 13.1 Å². The fourth-order valence-corrected chi connectivity index (χ4v) is 4.46. The molecule has 0 aliphatic carbocycles. The third-order valence-corrected chi connectivity index (χ3v) is 6.46. The summed E-state index contributed by atoms with van der Waals surface area (Å²) < 4.78 is 20.3. The minimum Gasteiger partial charge on any atom is -0.505 e. The van der Waals surface area contributed by atoms with E-state index in [0.717, 1.165) is 24.2 Å². The molecule has 1 saturated heterocycles. The van der Waals surface area contributed by atoms with Gasteiger partial charge >= 0.3 is 0 Å². The molecule has 2 aromatic rings. The normalized spacial score (nSPS) is 19.2. The number of carbonyl (C=O) groups excluding carboxylic acids is 1. The van der Waals surface area contributed by atoms with Gasteiger partial charge in [0.15, 0.2) is 17.4 Å². The van der Waals surface area contributed by atoms with E-state index < -0.39 is 11.2 Å². The van der Waals surface area contributed by atoms with Crippen molar-refractivity contribution in [1.82, 2.24) is 15.1 Å². The molecule has 9 nitrogen and oxygen atoms in total. The molecule has 3 N–H and O–H groups in total. The first-order chi connectivity index (χ1) is 16.3. The summed E-state index contributed by atoms with van der Waals surface area (Å²) in [6.07, 6.45) is 0. The second-order valence-electron chi connectivity index (χ2n) is 8.37. The van der Waals surface area contributed by atoms with Crippen LogP contribution in [0.2, 0.25) is 0 Å². The number of hydrogen-bond acceptors (Lipinski definition) is 6. The molecule has 1 unspecified atom stereocenters. The lowest BCUT2D eigenvalue weighted by atomic mass is 10.0. The highest BCUT2D eigenvalue weighted by Crippen LogP contribution is 2.30. The van der Waals surface area contributed by atoms with Gasteiger partial charge < -0.3 is 25.5 Å². The van der Waals surface area contributed by atoms with Crippen LogP contribution in [0.3, 0.4) is 0 Å². The van der Waals surface area contributed by atoms with Crippen LogP contribution in [-0.2, 0) is 11.2 Å². The number of rotatable bonds is 5. The SMILES string of the molecule is C=C(C)[C@@H](NC1=NS(=O)N=C1Nc1cccc(C(=O)N2CCN(C)CC2)c1O)c1ccccc1. The summed E-state index contributed by atoms with van der Waals surface area (Å²) in [5.74, 6) is 0.0701. The molecule has 0 bridgehead atoms. The van der Waals surface area contributed by atoms with Crippen LogP contribution in [0.1, 0.15) is 28.9 Å². The molecule has 178 valence electrons. The summed E-state index contributed by atoms with van der Waals surface area (Å²) in [5, 5.41) is 17.1. The predicted molar refractivity (Wildman–Crippen MR) is 135 cm³/mol. The first-order valence-corrected chi connectivity index (χ1v) is 12.0. The van der Waals surface area contributed by atoms with Gasteiger partial charge in [-0.2, -0.15) is 0 Å². The highest BCUT2D eigenvalue weighted by atomic mass is 32.2. The Balaban J connectivity index is 1.54. The number of piperazine rings is 1. The monoisotopic (exact) mass is 480 g/mol. The lowest BCUT2D eigenvalue weighted by Crippen LogP contribution is -2.47. The molecule has 2 aliphatic rings. The molecule has 0 aromatic heterocycles. The first-order valence-electron chi connectivity index (χ1n) is 11.0. The van der Waals surface area contributed by atoms with Crippen molar-refractivity contribution in [2.45, 2.75) is 13.0 Å². The summed E-state index contributed by atoms with van der Waals surface area (Å²) in [5.41, 5.74) is 2.29. The van der Waals surface area contributed by atoms with E-state index in [1.54, 1.807) is 23.1 Å². The number of phenolic OH excluding ortho intramolecular Hbond substituents is 1. The van der Waals surface area contributed by atoms with E-state index in [4.69, 9.17) is 0 Å². The van der Waals surface area contributed by atoms with Crippen LogP contribution in [0, 0.1) is 0 Å².